The van der Waals surface area contributed by atoms with E-state index in [0.29, 0.717) is 36.6 Å². The van der Waals surface area contributed by atoms with Crippen LogP contribution in [0, 0.1) is 11.3 Å². The summed E-state index contributed by atoms with van der Waals surface area (Å²) >= 11 is 0. The molecule has 1 saturated heterocycles. The minimum absolute atomic E-state index is 0.149. The minimum atomic E-state index is -0.178. The topological polar surface area (TPSA) is 75.8 Å². The normalized spacial score (nSPS) is 29.6. The van der Waals surface area contributed by atoms with Gasteiger partial charge in [-0.05, 0) is 61.6 Å². The number of hydrogen-bond acceptors (Lipinski definition) is 4. The molecule has 5 rings (SSSR count). The van der Waals surface area contributed by atoms with Gasteiger partial charge in [0.25, 0.3) is 0 Å². The van der Waals surface area contributed by atoms with Gasteiger partial charge in [0, 0.05) is 43.1 Å². The Morgan fingerprint density at radius 1 is 1.17 bits per heavy atom. The zero-order chi connectivity index (χ0) is 20.5. The Bertz CT molecular complexity index is 746. The Labute approximate surface area is 171 Å². The van der Waals surface area contributed by atoms with Crippen LogP contribution in [0.4, 0.5) is 4.39 Å². The third-order valence-corrected chi connectivity index (χ3v) is 7.51. The second-order valence-corrected chi connectivity index (χ2v) is 9.10. The number of nitrogens with zero attached hydrogens (tertiary/aromatic N) is 1. The van der Waals surface area contributed by atoms with Crippen molar-refractivity contribution in [3.05, 3.63) is 41.7 Å². The number of aliphatic hydroxyl groups excluding tert-OH is 1. The first-order valence-electron chi connectivity index (χ1n) is 10.7. The van der Waals surface area contributed by atoms with Gasteiger partial charge in [0.15, 0.2) is 0 Å². The first-order valence-corrected chi connectivity index (χ1v) is 10.7. The number of fused-ring (bicyclic) bond motifs is 3. The lowest BCUT2D eigenvalue weighted by atomic mass is 9.51. The molecule has 4 fully saturated rings. The van der Waals surface area contributed by atoms with Gasteiger partial charge >= 0.3 is 0 Å². The van der Waals surface area contributed by atoms with E-state index in [-0.39, 0.29) is 36.5 Å². The lowest BCUT2D eigenvalue weighted by molar-refractivity contribution is -0.157. The predicted octanol–water partition coefficient (Wildman–Crippen LogP) is 2.92. The SMILES string of the molecule is NC/C(=C\F)COc1ccc(C23CCC(C(=O)N4CC(CO)C4)(CC2)CC3)cc1. The number of halogens is 1. The number of benzene rings is 1. The van der Waals surface area contributed by atoms with Crippen LogP contribution in [0.3, 0.4) is 0 Å². The fourth-order valence-corrected chi connectivity index (χ4v) is 5.34. The molecule has 4 aliphatic rings. The number of amides is 1. The molecule has 2 bridgehead atoms. The van der Waals surface area contributed by atoms with E-state index in [2.05, 4.69) is 12.1 Å². The smallest absolute Gasteiger partial charge is 0.228 e. The van der Waals surface area contributed by atoms with Crippen molar-refractivity contribution in [3.8, 4) is 5.75 Å². The van der Waals surface area contributed by atoms with Gasteiger partial charge in [0.05, 0.1) is 6.33 Å². The molecule has 6 heteroatoms. The van der Waals surface area contributed by atoms with Crippen molar-refractivity contribution in [1.29, 1.82) is 0 Å². The summed E-state index contributed by atoms with van der Waals surface area (Å²) in [4.78, 5) is 15.0. The van der Waals surface area contributed by atoms with Crippen LogP contribution < -0.4 is 10.5 Å². The number of likely N-dealkylation sites (tertiary alicyclic amines) is 1. The van der Waals surface area contributed by atoms with Crippen molar-refractivity contribution in [1.82, 2.24) is 4.90 Å². The van der Waals surface area contributed by atoms with Crippen LogP contribution in [0.1, 0.15) is 44.1 Å². The van der Waals surface area contributed by atoms with Gasteiger partial charge in [-0.3, -0.25) is 4.79 Å². The monoisotopic (exact) mass is 402 g/mol. The number of aliphatic hydroxyl groups is 1. The standard InChI is InChI=1S/C23H31FN2O3/c24-11-17(12-25)16-29-20-3-1-19(2-4-20)22-5-8-23(9-6-22,10-7-22)21(28)26-13-18(14-26)15-27/h1-4,11,18,27H,5-10,12-16,25H2/b17-11+. The third-order valence-electron chi connectivity index (χ3n) is 7.51. The van der Waals surface area contributed by atoms with Gasteiger partial charge in [-0.25, -0.2) is 4.39 Å². The highest BCUT2D eigenvalue weighted by Crippen LogP contribution is 2.58. The van der Waals surface area contributed by atoms with Crippen molar-refractivity contribution in [2.24, 2.45) is 17.1 Å². The molecule has 0 aromatic heterocycles. The van der Waals surface area contributed by atoms with Crippen molar-refractivity contribution in [2.45, 2.75) is 43.9 Å². The molecule has 1 heterocycles. The average molecular weight is 403 g/mol. The molecule has 1 amide bonds. The predicted molar refractivity (Wildman–Crippen MR) is 109 cm³/mol. The minimum Gasteiger partial charge on any atom is -0.489 e. The van der Waals surface area contributed by atoms with E-state index in [1.54, 1.807) is 0 Å². The summed E-state index contributed by atoms with van der Waals surface area (Å²) in [6.07, 6.45) is 6.48. The summed E-state index contributed by atoms with van der Waals surface area (Å²) in [5.74, 6) is 1.30. The lowest BCUT2D eigenvalue weighted by Crippen LogP contribution is -2.59. The quantitative estimate of drug-likeness (QED) is 0.735. The molecule has 158 valence electrons. The van der Waals surface area contributed by atoms with E-state index < -0.39 is 0 Å². The molecule has 0 radical (unpaired) electrons. The molecule has 1 aromatic rings. The van der Waals surface area contributed by atoms with E-state index in [4.69, 9.17) is 10.5 Å². The molecule has 1 aliphatic heterocycles. The van der Waals surface area contributed by atoms with Crippen LogP contribution >= 0.6 is 0 Å². The molecule has 3 saturated carbocycles. The molecular weight excluding hydrogens is 371 g/mol. The fraction of sp³-hybridized carbons (Fsp3) is 0.609. The largest absolute Gasteiger partial charge is 0.489 e. The number of hydrogen-bond donors (Lipinski definition) is 2. The van der Waals surface area contributed by atoms with Gasteiger partial charge in [-0.1, -0.05) is 12.1 Å². The number of rotatable bonds is 7. The number of carbonyl (C=O) groups is 1. The maximum Gasteiger partial charge on any atom is 0.228 e. The zero-order valence-corrected chi connectivity index (χ0v) is 16.9. The highest BCUT2D eigenvalue weighted by Gasteiger charge is 2.54. The lowest BCUT2D eigenvalue weighted by Gasteiger charge is -2.55. The molecule has 1 aromatic carbocycles. The molecule has 0 spiro atoms. The highest BCUT2D eigenvalue weighted by atomic mass is 19.1. The van der Waals surface area contributed by atoms with Crippen LogP contribution in [0.5, 0.6) is 5.75 Å². The van der Waals surface area contributed by atoms with E-state index in [9.17, 15) is 14.3 Å². The molecule has 3 aliphatic carbocycles. The van der Waals surface area contributed by atoms with Crippen LogP contribution in [-0.2, 0) is 10.2 Å². The summed E-state index contributed by atoms with van der Waals surface area (Å²) in [6.45, 7) is 1.92. The number of nitrogens with two attached hydrogens (primary N) is 1. The molecule has 0 atom stereocenters. The second-order valence-electron chi connectivity index (χ2n) is 9.10. The summed E-state index contributed by atoms with van der Waals surface area (Å²) in [7, 11) is 0. The van der Waals surface area contributed by atoms with Crippen molar-refractivity contribution in [2.75, 3.05) is 32.8 Å². The first kappa shape index (κ1) is 20.4. The maximum absolute atomic E-state index is 13.1. The number of carbonyl (C=O) groups excluding carboxylic acids is 1. The Kier molecular flexibility index (Phi) is 5.67. The Balaban J connectivity index is 1.37. The fourth-order valence-electron chi connectivity index (χ4n) is 5.34. The summed E-state index contributed by atoms with van der Waals surface area (Å²) in [5.41, 5.74) is 7.18. The maximum atomic E-state index is 13.1. The van der Waals surface area contributed by atoms with E-state index in [1.807, 2.05) is 17.0 Å². The van der Waals surface area contributed by atoms with Gasteiger partial charge < -0.3 is 20.5 Å². The van der Waals surface area contributed by atoms with E-state index >= 15 is 0 Å². The van der Waals surface area contributed by atoms with Gasteiger partial charge in [0.2, 0.25) is 5.91 Å². The number of ether oxygens (including phenoxy) is 1. The van der Waals surface area contributed by atoms with E-state index in [1.165, 1.54) is 5.56 Å². The zero-order valence-electron chi connectivity index (χ0n) is 16.9. The Morgan fingerprint density at radius 2 is 1.79 bits per heavy atom. The van der Waals surface area contributed by atoms with Crippen LogP contribution in [0.2, 0.25) is 0 Å². The van der Waals surface area contributed by atoms with Crippen molar-refractivity contribution in [3.63, 3.8) is 0 Å². The molecule has 0 unspecified atom stereocenters. The van der Waals surface area contributed by atoms with Gasteiger partial charge in [-0.2, -0.15) is 0 Å². The Hall–Kier alpha value is -1.92. The molecule has 3 N–H and O–H groups in total. The molecule has 29 heavy (non-hydrogen) atoms. The average Bonchev–Trinajstić information content (AvgIpc) is 2.75. The van der Waals surface area contributed by atoms with Crippen LogP contribution in [0.15, 0.2) is 36.2 Å². The first-order chi connectivity index (χ1) is 14.0. The third kappa shape index (κ3) is 3.68. The molecular formula is C23H31FN2O3. The summed E-state index contributed by atoms with van der Waals surface area (Å²) < 4.78 is 18.2. The summed E-state index contributed by atoms with van der Waals surface area (Å²) in [5, 5.41) is 9.22. The summed E-state index contributed by atoms with van der Waals surface area (Å²) in [6, 6.07) is 8.15. The highest BCUT2D eigenvalue weighted by molar-refractivity contribution is 5.84. The van der Waals surface area contributed by atoms with Gasteiger partial charge in [0.1, 0.15) is 12.4 Å². The van der Waals surface area contributed by atoms with Crippen molar-refractivity contribution < 1.29 is 19.0 Å². The molecule has 5 nitrogen and oxygen atoms in total. The van der Waals surface area contributed by atoms with Crippen LogP contribution in [0.25, 0.3) is 0 Å². The second kappa shape index (κ2) is 8.07. The van der Waals surface area contributed by atoms with Gasteiger partial charge in [-0.15, -0.1) is 0 Å². The van der Waals surface area contributed by atoms with Crippen molar-refractivity contribution >= 4 is 5.91 Å². The van der Waals surface area contributed by atoms with Crippen LogP contribution in [-0.4, -0.2) is 48.8 Å². The van der Waals surface area contributed by atoms with E-state index in [0.717, 1.165) is 38.5 Å². The Morgan fingerprint density at radius 3 is 2.31 bits per heavy atom.